The molecule has 2 amide bonds. The van der Waals surface area contributed by atoms with Crippen molar-refractivity contribution in [2.45, 2.75) is 6.92 Å². The van der Waals surface area contributed by atoms with Crippen LogP contribution >= 0.6 is 0 Å². The minimum Gasteiger partial charge on any atom is -0.478 e. The lowest BCUT2D eigenvalue weighted by molar-refractivity contribution is 0.0696. The van der Waals surface area contributed by atoms with Crippen molar-refractivity contribution in [1.29, 1.82) is 0 Å². The van der Waals surface area contributed by atoms with Gasteiger partial charge < -0.3 is 10.4 Å². The molecule has 0 fully saturated rings. The Kier molecular flexibility index (Phi) is 4.50. The molecule has 0 radical (unpaired) electrons. The number of hydrogen-bond acceptors (Lipinski definition) is 3. The van der Waals surface area contributed by atoms with Crippen LogP contribution in [0.25, 0.3) is 0 Å². The second-order valence-electron chi connectivity index (χ2n) is 4.28. The Labute approximate surface area is 122 Å². The fraction of sp³-hybridized carbons (Fsp3) is 0.133. The number of anilines is 2. The number of urea groups is 1. The van der Waals surface area contributed by atoms with E-state index in [-0.39, 0.29) is 11.6 Å². The quantitative estimate of drug-likeness (QED) is 0.904. The Bertz CT molecular complexity index is 644. The van der Waals surface area contributed by atoms with E-state index in [1.54, 1.807) is 4.90 Å². The molecule has 0 saturated carbocycles. The molecule has 0 aliphatic heterocycles. The second kappa shape index (κ2) is 6.51. The zero-order valence-corrected chi connectivity index (χ0v) is 11.5. The monoisotopic (exact) mass is 285 g/mol. The molecule has 1 heterocycles. The normalized spacial score (nSPS) is 9.95. The zero-order valence-electron chi connectivity index (χ0n) is 11.5. The Balaban J connectivity index is 2.16. The number of nitrogens with zero attached hydrogens (tertiary/aromatic N) is 2. The van der Waals surface area contributed by atoms with Crippen molar-refractivity contribution in [1.82, 2.24) is 4.98 Å². The highest BCUT2D eigenvalue weighted by Crippen LogP contribution is 2.15. The minimum atomic E-state index is -1.09. The van der Waals surface area contributed by atoms with E-state index in [4.69, 9.17) is 5.11 Å². The number of carbonyl (C=O) groups excluding carboxylic acids is 1. The largest absolute Gasteiger partial charge is 0.478 e. The number of pyridine rings is 1. The molecule has 0 spiro atoms. The van der Waals surface area contributed by atoms with E-state index in [9.17, 15) is 9.59 Å². The third-order valence-corrected chi connectivity index (χ3v) is 2.87. The molecule has 21 heavy (non-hydrogen) atoms. The highest BCUT2D eigenvalue weighted by Gasteiger charge is 2.14. The molecule has 108 valence electrons. The van der Waals surface area contributed by atoms with Crippen LogP contribution in [-0.4, -0.2) is 28.6 Å². The van der Waals surface area contributed by atoms with Crippen LogP contribution in [0.2, 0.25) is 0 Å². The van der Waals surface area contributed by atoms with Crippen LogP contribution in [0.15, 0.2) is 48.8 Å². The highest BCUT2D eigenvalue weighted by atomic mass is 16.4. The Hall–Kier alpha value is -2.89. The maximum Gasteiger partial charge on any atom is 0.337 e. The number of rotatable bonds is 4. The van der Waals surface area contributed by atoms with Gasteiger partial charge in [-0.25, -0.2) is 9.59 Å². The molecule has 2 rings (SSSR count). The highest BCUT2D eigenvalue weighted by molar-refractivity contribution is 6.02. The van der Waals surface area contributed by atoms with Crippen molar-refractivity contribution in [3.8, 4) is 0 Å². The number of carbonyl (C=O) groups is 2. The topological polar surface area (TPSA) is 82.5 Å². The molecule has 1 aromatic carbocycles. The number of amides is 2. The average Bonchev–Trinajstić information content (AvgIpc) is 2.49. The number of para-hydroxylation sites is 1. The fourth-order valence-corrected chi connectivity index (χ4v) is 1.87. The Morgan fingerprint density at radius 1 is 1.24 bits per heavy atom. The first-order valence-corrected chi connectivity index (χ1v) is 6.43. The lowest BCUT2D eigenvalue weighted by atomic mass is 10.2. The van der Waals surface area contributed by atoms with Crippen LogP contribution < -0.4 is 10.2 Å². The van der Waals surface area contributed by atoms with Crippen molar-refractivity contribution in [3.63, 3.8) is 0 Å². The standard InChI is InChI=1S/C15H15N3O3/c1-2-18(13-6-4-3-5-7-13)15(21)17-12-8-11(14(19)20)9-16-10-12/h3-10H,2H2,1H3,(H,17,21)(H,19,20). The summed E-state index contributed by atoms with van der Waals surface area (Å²) in [5.74, 6) is -1.09. The van der Waals surface area contributed by atoms with Gasteiger partial charge in [0.05, 0.1) is 17.4 Å². The fourth-order valence-electron chi connectivity index (χ4n) is 1.87. The zero-order chi connectivity index (χ0) is 15.2. The summed E-state index contributed by atoms with van der Waals surface area (Å²) in [6, 6.07) is 10.2. The molecule has 0 atom stereocenters. The first kappa shape index (κ1) is 14.5. The first-order valence-electron chi connectivity index (χ1n) is 6.43. The SMILES string of the molecule is CCN(C(=O)Nc1cncc(C(=O)O)c1)c1ccccc1. The third kappa shape index (κ3) is 3.56. The van der Waals surface area contributed by atoms with Gasteiger partial charge in [-0.05, 0) is 25.1 Å². The summed E-state index contributed by atoms with van der Waals surface area (Å²) in [4.78, 5) is 28.5. The van der Waals surface area contributed by atoms with Crippen molar-refractivity contribution >= 4 is 23.4 Å². The summed E-state index contributed by atoms with van der Waals surface area (Å²) in [6.45, 7) is 2.35. The predicted octanol–water partition coefficient (Wildman–Crippen LogP) is 2.84. The van der Waals surface area contributed by atoms with Gasteiger partial charge in [-0.3, -0.25) is 9.88 Å². The Morgan fingerprint density at radius 3 is 2.57 bits per heavy atom. The molecular formula is C15H15N3O3. The lowest BCUT2D eigenvalue weighted by Gasteiger charge is -2.21. The summed E-state index contributed by atoms with van der Waals surface area (Å²) in [6.07, 6.45) is 2.63. The van der Waals surface area contributed by atoms with E-state index in [1.807, 2.05) is 37.3 Å². The van der Waals surface area contributed by atoms with Crippen LogP contribution in [-0.2, 0) is 0 Å². The van der Waals surface area contributed by atoms with Gasteiger partial charge in [-0.1, -0.05) is 18.2 Å². The lowest BCUT2D eigenvalue weighted by Crippen LogP contribution is -2.34. The maximum absolute atomic E-state index is 12.3. The molecule has 0 bridgehead atoms. The second-order valence-corrected chi connectivity index (χ2v) is 4.28. The van der Waals surface area contributed by atoms with Crippen molar-refractivity contribution in [2.75, 3.05) is 16.8 Å². The van der Waals surface area contributed by atoms with Gasteiger partial charge in [0.1, 0.15) is 0 Å². The molecule has 2 aromatic rings. The van der Waals surface area contributed by atoms with Crippen LogP contribution in [0, 0.1) is 0 Å². The third-order valence-electron chi connectivity index (χ3n) is 2.87. The summed E-state index contributed by atoms with van der Waals surface area (Å²) < 4.78 is 0. The summed E-state index contributed by atoms with van der Waals surface area (Å²) in [5.41, 5.74) is 1.13. The number of hydrogen-bond donors (Lipinski definition) is 2. The number of aromatic nitrogens is 1. The van der Waals surface area contributed by atoms with Gasteiger partial charge in [-0.15, -0.1) is 0 Å². The van der Waals surface area contributed by atoms with Crippen molar-refractivity contribution in [2.24, 2.45) is 0 Å². The molecule has 0 saturated heterocycles. The molecule has 0 aliphatic carbocycles. The Morgan fingerprint density at radius 2 is 1.95 bits per heavy atom. The van der Waals surface area contributed by atoms with Gasteiger partial charge in [0.25, 0.3) is 0 Å². The van der Waals surface area contributed by atoms with Crippen molar-refractivity contribution in [3.05, 3.63) is 54.4 Å². The molecule has 1 aromatic heterocycles. The van der Waals surface area contributed by atoms with E-state index in [2.05, 4.69) is 10.3 Å². The minimum absolute atomic E-state index is 0.0237. The molecule has 2 N–H and O–H groups in total. The molecular weight excluding hydrogens is 270 g/mol. The average molecular weight is 285 g/mol. The van der Waals surface area contributed by atoms with Crippen molar-refractivity contribution < 1.29 is 14.7 Å². The van der Waals surface area contributed by atoms with Gasteiger partial charge in [-0.2, -0.15) is 0 Å². The summed E-state index contributed by atoms with van der Waals surface area (Å²) in [5, 5.41) is 11.6. The number of carboxylic acid groups (broad SMARTS) is 1. The van der Waals surface area contributed by atoms with Gasteiger partial charge >= 0.3 is 12.0 Å². The van der Waals surface area contributed by atoms with Crippen LogP contribution in [0.1, 0.15) is 17.3 Å². The number of benzene rings is 1. The predicted molar refractivity (Wildman–Crippen MR) is 79.7 cm³/mol. The van der Waals surface area contributed by atoms with Crippen LogP contribution in [0.5, 0.6) is 0 Å². The molecule has 6 nitrogen and oxygen atoms in total. The van der Waals surface area contributed by atoms with E-state index >= 15 is 0 Å². The number of carboxylic acids is 1. The van der Waals surface area contributed by atoms with E-state index in [0.29, 0.717) is 12.2 Å². The van der Waals surface area contributed by atoms with Gasteiger partial charge in [0.2, 0.25) is 0 Å². The molecule has 0 unspecified atom stereocenters. The van der Waals surface area contributed by atoms with E-state index < -0.39 is 5.97 Å². The smallest absolute Gasteiger partial charge is 0.337 e. The summed E-state index contributed by atoms with van der Waals surface area (Å²) in [7, 11) is 0. The maximum atomic E-state index is 12.3. The number of aromatic carboxylic acids is 1. The van der Waals surface area contributed by atoms with Crippen LogP contribution in [0.3, 0.4) is 0 Å². The molecule has 0 aliphatic rings. The van der Waals surface area contributed by atoms with E-state index in [1.165, 1.54) is 18.5 Å². The summed E-state index contributed by atoms with van der Waals surface area (Å²) >= 11 is 0. The van der Waals surface area contributed by atoms with Gasteiger partial charge in [0.15, 0.2) is 0 Å². The van der Waals surface area contributed by atoms with E-state index in [0.717, 1.165) is 5.69 Å². The van der Waals surface area contributed by atoms with Crippen LogP contribution in [0.4, 0.5) is 16.2 Å². The first-order chi connectivity index (χ1) is 10.1. The molecule has 6 heteroatoms. The van der Waals surface area contributed by atoms with Gasteiger partial charge in [0, 0.05) is 18.4 Å². The number of nitrogens with one attached hydrogen (secondary N) is 1.